The number of nitrogens with one attached hydrogen (secondary N) is 1. The Balaban J connectivity index is 1.65. The number of methoxy groups -OCH3 is 1. The van der Waals surface area contributed by atoms with Gasteiger partial charge in [0.15, 0.2) is 0 Å². The van der Waals surface area contributed by atoms with E-state index in [1.807, 2.05) is 24.3 Å². The fourth-order valence-electron chi connectivity index (χ4n) is 4.43. The number of likely N-dealkylation sites (tertiary alicyclic amines) is 1. The van der Waals surface area contributed by atoms with Crippen molar-refractivity contribution < 1.29 is 9.13 Å². The Morgan fingerprint density at radius 1 is 1.07 bits per heavy atom. The smallest absolute Gasteiger partial charge is 0.123 e. The van der Waals surface area contributed by atoms with Crippen LogP contribution in [-0.2, 0) is 0 Å². The fourth-order valence-corrected chi connectivity index (χ4v) is 4.43. The van der Waals surface area contributed by atoms with E-state index in [0.717, 1.165) is 49.4 Å². The first-order chi connectivity index (χ1) is 14.0. The number of piperidine rings is 1. The first kappa shape index (κ1) is 20.0. The quantitative estimate of drug-likeness (QED) is 0.825. The highest BCUT2D eigenvalue weighted by Gasteiger charge is 2.40. The molecule has 29 heavy (non-hydrogen) atoms. The van der Waals surface area contributed by atoms with E-state index in [9.17, 15) is 4.39 Å². The lowest BCUT2D eigenvalue weighted by molar-refractivity contribution is 0.103. The molecular weight excluding hydrogens is 365 g/mol. The monoisotopic (exact) mass is 395 g/mol. The maximum atomic E-state index is 13.5. The summed E-state index contributed by atoms with van der Waals surface area (Å²) < 4.78 is 18.8. The molecule has 5 heteroatoms. The maximum Gasteiger partial charge on any atom is 0.123 e. The van der Waals surface area contributed by atoms with Gasteiger partial charge in [-0.05, 0) is 62.1 Å². The molecule has 1 atom stereocenters. The molecule has 0 amide bonds. The summed E-state index contributed by atoms with van der Waals surface area (Å²) in [7, 11) is 1.69. The second-order valence-electron chi connectivity index (χ2n) is 8.40. The Hall–Kier alpha value is -2.24. The largest absolute Gasteiger partial charge is 0.497 e. The van der Waals surface area contributed by atoms with Gasteiger partial charge in [0.05, 0.1) is 7.11 Å². The minimum atomic E-state index is -0.266. The summed E-state index contributed by atoms with van der Waals surface area (Å²) in [4.78, 5) is 7.72. The Morgan fingerprint density at radius 3 is 2.31 bits per heavy atom. The summed E-state index contributed by atoms with van der Waals surface area (Å²) in [5.74, 6) is 0.645. The minimum absolute atomic E-state index is 0.170. The zero-order valence-corrected chi connectivity index (χ0v) is 17.5. The number of aliphatic imine (C=N–C) groups is 1. The van der Waals surface area contributed by atoms with Gasteiger partial charge in [-0.25, -0.2) is 4.39 Å². The van der Waals surface area contributed by atoms with Gasteiger partial charge in [0.1, 0.15) is 17.2 Å². The van der Waals surface area contributed by atoms with E-state index in [-0.39, 0.29) is 17.5 Å². The van der Waals surface area contributed by atoms with E-state index in [4.69, 9.17) is 9.73 Å². The number of ether oxygens (including phenoxy) is 1. The Morgan fingerprint density at radius 2 is 1.72 bits per heavy atom. The summed E-state index contributed by atoms with van der Waals surface area (Å²) in [5.41, 5.74) is 3.03. The molecule has 4 rings (SSSR count). The molecule has 2 aliphatic heterocycles. The van der Waals surface area contributed by atoms with Crippen molar-refractivity contribution in [2.45, 2.75) is 50.9 Å². The molecule has 0 radical (unpaired) electrons. The second kappa shape index (κ2) is 8.25. The Kier molecular flexibility index (Phi) is 5.70. The maximum absolute atomic E-state index is 13.5. The van der Waals surface area contributed by atoms with Crippen LogP contribution in [0.15, 0.2) is 53.5 Å². The van der Waals surface area contributed by atoms with Gasteiger partial charge in [-0.1, -0.05) is 24.3 Å². The Bertz CT molecular complexity index is 853. The molecule has 1 fully saturated rings. The lowest BCUT2D eigenvalue weighted by atomic mass is 9.87. The second-order valence-corrected chi connectivity index (χ2v) is 8.40. The third-order valence-electron chi connectivity index (χ3n) is 6.24. The van der Waals surface area contributed by atoms with Crippen molar-refractivity contribution in [1.82, 2.24) is 10.2 Å². The van der Waals surface area contributed by atoms with E-state index in [1.165, 1.54) is 17.7 Å². The van der Waals surface area contributed by atoms with Crippen molar-refractivity contribution in [3.63, 3.8) is 0 Å². The molecule has 2 aromatic rings. The van der Waals surface area contributed by atoms with Crippen molar-refractivity contribution in [3.8, 4) is 5.75 Å². The van der Waals surface area contributed by atoms with Gasteiger partial charge in [-0.3, -0.25) is 10.3 Å². The van der Waals surface area contributed by atoms with Crippen molar-refractivity contribution in [2.75, 3.05) is 20.2 Å². The van der Waals surface area contributed by atoms with Gasteiger partial charge >= 0.3 is 0 Å². The van der Waals surface area contributed by atoms with Crippen LogP contribution in [0.5, 0.6) is 5.75 Å². The fraction of sp³-hybridized carbons (Fsp3) is 0.458. The SMILES string of the molecule is COc1ccc(C2CC(c3ccc(F)cc3)=NC3(CCN(C(C)C)CC3)N2)cc1. The summed E-state index contributed by atoms with van der Waals surface area (Å²) in [6, 6.07) is 15.7. The van der Waals surface area contributed by atoms with E-state index in [1.54, 1.807) is 7.11 Å². The molecule has 0 bridgehead atoms. The van der Waals surface area contributed by atoms with Crippen LogP contribution in [0.3, 0.4) is 0 Å². The van der Waals surface area contributed by atoms with Crippen LogP contribution >= 0.6 is 0 Å². The van der Waals surface area contributed by atoms with E-state index >= 15 is 0 Å². The molecule has 1 N–H and O–H groups in total. The third-order valence-corrected chi connectivity index (χ3v) is 6.24. The average Bonchev–Trinajstić information content (AvgIpc) is 2.74. The zero-order chi connectivity index (χ0) is 20.4. The van der Waals surface area contributed by atoms with Crippen LogP contribution in [0.4, 0.5) is 4.39 Å². The molecule has 1 spiro atoms. The normalized spacial score (nSPS) is 22.0. The van der Waals surface area contributed by atoms with Crippen molar-refractivity contribution >= 4 is 5.71 Å². The predicted molar refractivity (Wildman–Crippen MR) is 115 cm³/mol. The molecular formula is C24H30FN3O. The highest BCUT2D eigenvalue weighted by Crippen LogP contribution is 2.35. The van der Waals surface area contributed by atoms with E-state index in [2.05, 4.69) is 36.2 Å². The zero-order valence-electron chi connectivity index (χ0n) is 17.5. The van der Waals surface area contributed by atoms with Gasteiger partial charge in [0.2, 0.25) is 0 Å². The van der Waals surface area contributed by atoms with E-state index < -0.39 is 0 Å². The topological polar surface area (TPSA) is 36.9 Å². The molecule has 1 saturated heterocycles. The van der Waals surface area contributed by atoms with Gasteiger partial charge in [0, 0.05) is 37.3 Å². The summed E-state index contributed by atoms with van der Waals surface area (Å²) in [6.07, 6.45) is 2.73. The summed E-state index contributed by atoms with van der Waals surface area (Å²) >= 11 is 0. The molecule has 0 aromatic heterocycles. The molecule has 2 aliphatic rings. The van der Waals surface area contributed by atoms with Crippen molar-refractivity contribution in [2.24, 2.45) is 4.99 Å². The Labute approximate surface area is 172 Å². The first-order valence-corrected chi connectivity index (χ1v) is 10.5. The number of halogens is 1. The van der Waals surface area contributed by atoms with Gasteiger partial charge < -0.3 is 9.64 Å². The molecule has 154 valence electrons. The lowest BCUT2D eigenvalue weighted by Crippen LogP contribution is -2.56. The summed E-state index contributed by atoms with van der Waals surface area (Å²) in [5, 5.41) is 3.86. The number of hydrogen-bond acceptors (Lipinski definition) is 4. The number of hydrogen-bond donors (Lipinski definition) is 1. The molecule has 4 nitrogen and oxygen atoms in total. The van der Waals surface area contributed by atoms with Crippen LogP contribution in [0, 0.1) is 5.82 Å². The van der Waals surface area contributed by atoms with Crippen molar-refractivity contribution in [3.05, 3.63) is 65.5 Å². The number of nitrogens with zero attached hydrogens (tertiary/aromatic N) is 2. The predicted octanol–water partition coefficient (Wildman–Crippen LogP) is 4.56. The minimum Gasteiger partial charge on any atom is -0.497 e. The van der Waals surface area contributed by atoms with Gasteiger partial charge in [0.25, 0.3) is 0 Å². The summed E-state index contributed by atoms with van der Waals surface area (Å²) in [6.45, 7) is 6.56. The third kappa shape index (κ3) is 4.36. The lowest BCUT2D eigenvalue weighted by Gasteiger charge is -2.46. The highest BCUT2D eigenvalue weighted by atomic mass is 19.1. The van der Waals surface area contributed by atoms with Crippen LogP contribution in [0.2, 0.25) is 0 Å². The molecule has 0 aliphatic carbocycles. The number of benzene rings is 2. The van der Waals surface area contributed by atoms with Crippen LogP contribution in [0.25, 0.3) is 0 Å². The van der Waals surface area contributed by atoms with Gasteiger partial charge in [-0.15, -0.1) is 0 Å². The van der Waals surface area contributed by atoms with E-state index in [0.29, 0.717) is 6.04 Å². The molecule has 2 aromatic carbocycles. The van der Waals surface area contributed by atoms with Gasteiger partial charge in [-0.2, -0.15) is 0 Å². The molecule has 1 unspecified atom stereocenters. The average molecular weight is 396 g/mol. The van der Waals surface area contributed by atoms with Crippen LogP contribution < -0.4 is 10.1 Å². The standard InChI is InChI=1S/C24H30FN3O/c1-17(2)28-14-12-24(13-15-28)26-22(18-4-8-20(25)9-5-18)16-23(27-24)19-6-10-21(29-3)11-7-19/h4-11,17,23,27H,12-16H2,1-3H3. The van der Waals surface area contributed by atoms with Crippen molar-refractivity contribution in [1.29, 1.82) is 0 Å². The first-order valence-electron chi connectivity index (χ1n) is 10.5. The highest BCUT2D eigenvalue weighted by molar-refractivity contribution is 6.01. The molecule has 2 heterocycles. The van der Waals surface area contributed by atoms with Crippen LogP contribution in [-0.4, -0.2) is 42.5 Å². The number of rotatable bonds is 4. The molecule has 0 saturated carbocycles. The van der Waals surface area contributed by atoms with Crippen LogP contribution in [0.1, 0.15) is 50.3 Å².